The van der Waals surface area contributed by atoms with Crippen LogP contribution in [0.5, 0.6) is 0 Å². The van der Waals surface area contributed by atoms with Gasteiger partial charge in [0.2, 0.25) is 0 Å². The molecule has 1 aliphatic rings. The Morgan fingerprint density at radius 2 is 2.00 bits per heavy atom. The zero-order valence-electron chi connectivity index (χ0n) is 18.8. The number of rotatable bonds is 8. The van der Waals surface area contributed by atoms with E-state index in [1.807, 2.05) is 47.4 Å². The Hall–Kier alpha value is -3.83. The molecule has 0 bridgehead atoms. The molecule has 1 aliphatic heterocycles. The fraction of sp³-hybridized carbons (Fsp3) is 0.348. The van der Waals surface area contributed by atoms with E-state index in [1.54, 1.807) is 0 Å². The zero-order valence-corrected chi connectivity index (χ0v) is 18.8. The molecule has 4 N–H and O–H groups in total. The molecule has 4 aromatic rings. The van der Waals surface area contributed by atoms with Crippen LogP contribution in [0.15, 0.2) is 42.7 Å². The third kappa shape index (κ3) is 5.21. The third-order valence-corrected chi connectivity index (χ3v) is 5.86. The molecule has 34 heavy (non-hydrogen) atoms. The first-order chi connectivity index (χ1) is 16.6. The second-order valence-corrected chi connectivity index (χ2v) is 8.35. The number of nitrogen functional groups attached to an aromatic ring is 1. The molecule has 11 nitrogen and oxygen atoms in total. The summed E-state index contributed by atoms with van der Waals surface area (Å²) in [6.07, 6.45) is 4.45. The molecular formula is C23H27N9O2. The van der Waals surface area contributed by atoms with Crippen molar-refractivity contribution in [1.82, 2.24) is 40.4 Å². The van der Waals surface area contributed by atoms with Gasteiger partial charge in [0.15, 0.2) is 5.65 Å². The molecule has 0 unspecified atom stereocenters. The van der Waals surface area contributed by atoms with Crippen LogP contribution in [0, 0.1) is 0 Å². The van der Waals surface area contributed by atoms with Gasteiger partial charge in [-0.25, -0.2) is 10.1 Å². The van der Waals surface area contributed by atoms with Gasteiger partial charge in [-0.2, -0.15) is 5.10 Å². The van der Waals surface area contributed by atoms with E-state index in [0.717, 1.165) is 49.5 Å². The number of pyridine rings is 1. The topological polar surface area (TPSA) is 140 Å². The van der Waals surface area contributed by atoms with Crippen LogP contribution in [0.3, 0.4) is 0 Å². The lowest BCUT2D eigenvalue weighted by Gasteiger charge is -2.26. The number of nitrogens with zero attached hydrogens (tertiary/aromatic N) is 6. The minimum atomic E-state index is -0.0584. The summed E-state index contributed by atoms with van der Waals surface area (Å²) in [6, 6.07) is 9.43. The summed E-state index contributed by atoms with van der Waals surface area (Å²) < 4.78 is 7.22. The third-order valence-electron chi connectivity index (χ3n) is 5.86. The molecule has 0 aliphatic carbocycles. The Bertz CT molecular complexity index is 1260. The molecule has 0 saturated carbocycles. The lowest BCUT2D eigenvalue weighted by atomic mass is 10.1. The smallest absolute Gasteiger partial charge is 0.251 e. The van der Waals surface area contributed by atoms with Crippen molar-refractivity contribution in [3.05, 3.63) is 65.0 Å². The Morgan fingerprint density at radius 1 is 1.18 bits per heavy atom. The predicted molar refractivity (Wildman–Crippen MR) is 126 cm³/mol. The van der Waals surface area contributed by atoms with Crippen LogP contribution in [0.2, 0.25) is 0 Å². The number of anilines is 1. The molecular weight excluding hydrogens is 434 g/mol. The first-order valence-electron chi connectivity index (χ1n) is 11.3. The largest absolute Gasteiger partial charge is 0.384 e. The van der Waals surface area contributed by atoms with Crippen LogP contribution in [-0.2, 0) is 17.7 Å². The number of nitrogens with one attached hydrogen (secondary N) is 2. The second-order valence-electron chi connectivity index (χ2n) is 8.35. The van der Waals surface area contributed by atoms with E-state index >= 15 is 0 Å². The first-order valence-corrected chi connectivity index (χ1v) is 11.3. The van der Waals surface area contributed by atoms with Gasteiger partial charge in [-0.05, 0) is 34.9 Å². The van der Waals surface area contributed by atoms with Crippen molar-refractivity contribution >= 4 is 22.9 Å². The summed E-state index contributed by atoms with van der Waals surface area (Å²) in [5.74, 6) is 0.364. The Balaban J connectivity index is 1.15. The van der Waals surface area contributed by atoms with Crippen LogP contribution in [0.25, 0.3) is 11.2 Å². The number of hydrogen-bond donors (Lipinski definition) is 3. The average molecular weight is 462 g/mol. The lowest BCUT2D eigenvalue weighted by Crippen LogP contribution is -2.41. The lowest BCUT2D eigenvalue weighted by molar-refractivity contribution is 0.0383. The minimum Gasteiger partial charge on any atom is -0.384 e. The molecule has 11 heteroatoms. The van der Waals surface area contributed by atoms with E-state index in [0.29, 0.717) is 42.1 Å². The Labute approximate surface area is 196 Å². The highest BCUT2D eigenvalue weighted by Crippen LogP contribution is 2.19. The van der Waals surface area contributed by atoms with Gasteiger partial charge in [0.25, 0.3) is 5.91 Å². The molecule has 0 radical (unpaired) electrons. The number of carbonyl (C=O) groups excluding carboxylic acids is 1. The van der Waals surface area contributed by atoms with Gasteiger partial charge in [0.05, 0.1) is 26.0 Å². The maximum Gasteiger partial charge on any atom is 0.251 e. The standard InChI is InChI=1S/C23H27N9O2/c24-20-12-19(21-22(27-20)29-30-28-21)11-17-13-26-32(15-17)14-16-1-3-18(4-2-16)23(33)25-5-6-31-7-9-34-10-8-31/h1-4,12-13,15H,5-11,14H2,(H,25,33)(H3,24,27,28,29,30). The van der Waals surface area contributed by atoms with Gasteiger partial charge in [0.1, 0.15) is 11.3 Å². The highest BCUT2D eigenvalue weighted by atomic mass is 16.5. The van der Waals surface area contributed by atoms with Gasteiger partial charge < -0.3 is 15.8 Å². The molecule has 1 saturated heterocycles. The van der Waals surface area contributed by atoms with Crippen LogP contribution in [0.1, 0.15) is 27.0 Å². The van der Waals surface area contributed by atoms with Gasteiger partial charge in [-0.1, -0.05) is 17.3 Å². The van der Waals surface area contributed by atoms with Crippen molar-refractivity contribution in [3.8, 4) is 0 Å². The monoisotopic (exact) mass is 461 g/mol. The molecule has 1 fully saturated rings. The van der Waals surface area contributed by atoms with Crippen LogP contribution in [0.4, 0.5) is 5.82 Å². The molecule has 0 spiro atoms. The summed E-state index contributed by atoms with van der Waals surface area (Å²) in [4.78, 5) is 18.9. The maximum absolute atomic E-state index is 12.4. The van der Waals surface area contributed by atoms with E-state index in [9.17, 15) is 4.79 Å². The van der Waals surface area contributed by atoms with Crippen molar-refractivity contribution < 1.29 is 9.53 Å². The van der Waals surface area contributed by atoms with E-state index in [1.165, 1.54) is 0 Å². The van der Waals surface area contributed by atoms with Gasteiger partial charge >= 0.3 is 0 Å². The van der Waals surface area contributed by atoms with Crippen molar-refractivity contribution in [2.24, 2.45) is 0 Å². The highest BCUT2D eigenvalue weighted by Gasteiger charge is 2.12. The van der Waals surface area contributed by atoms with Crippen molar-refractivity contribution in [1.29, 1.82) is 0 Å². The predicted octanol–water partition coefficient (Wildman–Crippen LogP) is 0.833. The molecule has 5 rings (SSSR count). The Morgan fingerprint density at radius 3 is 2.82 bits per heavy atom. The molecule has 4 heterocycles. The van der Waals surface area contributed by atoms with Crippen LogP contribution < -0.4 is 11.1 Å². The van der Waals surface area contributed by atoms with Gasteiger partial charge in [0, 0.05) is 44.4 Å². The van der Waals surface area contributed by atoms with E-state index in [2.05, 4.69) is 35.7 Å². The number of nitrogens with two attached hydrogens (primary N) is 1. The number of H-pyrrole nitrogens is 1. The summed E-state index contributed by atoms with van der Waals surface area (Å²) in [5, 5.41) is 18.1. The number of aromatic nitrogens is 6. The fourth-order valence-corrected chi connectivity index (χ4v) is 4.07. The van der Waals surface area contributed by atoms with Crippen LogP contribution in [-0.4, -0.2) is 80.4 Å². The second kappa shape index (κ2) is 9.98. The number of ether oxygens (including phenoxy) is 1. The summed E-state index contributed by atoms with van der Waals surface area (Å²) in [5.41, 5.74) is 10.9. The molecule has 1 aromatic carbocycles. The molecule has 176 valence electrons. The van der Waals surface area contributed by atoms with Gasteiger partial charge in [-0.3, -0.25) is 14.4 Å². The van der Waals surface area contributed by atoms with E-state index < -0.39 is 0 Å². The van der Waals surface area contributed by atoms with E-state index in [4.69, 9.17) is 10.5 Å². The van der Waals surface area contributed by atoms with Crippen molar-refractivity contribution in [2.75, 3.05) is 45.1 Å². The number of fused-ring (bicyclic) bond motifs is 1. The number of carbonyl (C=O) groups is 1. The number of amides is 1. The fourth-order valence-electron chi connectivity index (χ4n) is 4.07. The minimum absolute atomic E-state index is 0.0584. The number of benzene rings is 1. The van der Waals surface area contributed by atoms with Crippen LogP contribution >= 0.6 is 0 Å². The normalized spacial score (nSPS) is 14.5. The number of aromatic amines is 1. The van der Waals surface area contributed by atoms with E-state index in [-0.39, 0.29) is 5.91 Å². The number of hydrogen-bond acceptors (Lipinski definition) is 8. The highest BCUT2D eigenvalue weighted by molar-refractivity contribution is 5.94. The summed E-state index contributed by atoms with van der Waals surface area (Å²) in [7, 11) is 0. The van der Waals surface area contributed by atoms with Gasteiger partial charge in [-0.15, -0.1) is 5.10 Å². The summed E-state index contributed by atoms with van der Waals surface area (Å²) in [6.45, 7) is 5.43. The number of morpholine rings is 1. The SMILES string of the molecule is Nc1cc(Cc2cnn(Cc3ccc(C(=O)NCCN4CCOCC4)cc3)c2)c2nn[nH]c2n1. The van der Waals surface area contributed by atoms with Crippen molar-refractivity contribution in [2.45, 2.75) is 13.0 Å². The molecule has 1 amide bonds. The zero-order chi connectivity index (χ0) is 23.3. The average Bonchev–Trinajstić information content (AvgIpc) is 3.49. The molecule has 0 atom stereocenters. The quantitative estimate of drug-likeness (QED) is 0.351. The maximum atomic E-state index is 12.4. The first kappa shape index (κ1) is 22.0. The van der Waals surface area contributed by atoms with Crippen molar-refractivity contribution in [3.63, 3.8) is 0 Å². The molecule has 3 aromatic heterocycles. The Kier molecular flexibility index (Phi) is 6.45. The summed E-state index contributed by atoms with van der Waals surface area (Å²) >= 11 is 0.